The molecular formula is C6H12O3. The van der Waals surface area contributed by atoms with E-state index in [1.165, 1.54) is 0 Å². The van der Waals surface area contributed by atoms with Crippen molar-refractivity contribution in [3.05, 3.63) is 0 Å². The van der Waals surface area contributed by atoms with Crippen LogP contribution in [0.4, 0.5) is 0 Å². The van der Waals surface area contributed by atoms with Crippen LogP contribution in [-0.4, -0.2) is 30.7 Å². The minimum Gasteiger partial charge on any atom is -0.388 e. The Morgan fingerprint density at radius 1 is 1.44 bits per heavy atom. The van der Waals surface area contributed by atoms with Gasteiger partial charge in [0.05, 0.1) is 13.2 Å². The van der Waals surface area contributed by atoms with Crippen LogP contribution in [-0.2, 0) is 9.47 Å². The van der Waals surface area contributed by atoms with Crippen molar-refractivity contribution in [3.63, 3.8) is 0 Å². The molecule has 0 aromatic heterocycles. The molecule has 0 aromatic carbocycles. The van der Waals surface area contributed by atoms with E-state index in [2.05, 4.69) is 0 Å². The van der Waals surface area contributed by atoms with Crippen LogP contribution < -0.4 is 0 Å². The highest BCUT2D eigenvalue weighted by Gasteiger charge is 2.17. The molecule has 0 bridgehead atoms. The summed E-state index contributed by atoms with van der Waals surface area (Å²) in [6, 6.07) is 0. The molecule has 0 spiro atoms. The lowest BCUT2D eigenvalue weighted by atomic mass is 10.3. The van der Waals surface area contributed by atoms with Gasteiger partial charge in [-0.1, -0.05) is 6.92 Å². The van der Waals surface area contributed by atoms with Gasteiger partial charge in [-0.15, -0.1) is 0 Å². The minimum atomic E-state index is -0.423. The quantitative estimate of drug-likeness (QED) is 0.551. The second kappa shape index (κ2) is 3.15. The van der Waals surface area contributed by atoms with Crippen LogP contribution in [0.5, 0.6) is 0 Å². The lowest BCUT2D eigenvalue weighted by Crippen LogP contribution is -2.34. The van der Waals surface area contributed by atoms with Gasteiger partial charge in [0.25, 0.3) is 0 Å². The average Bonchev–Trinajstić information content (AvgIpc) is 1.90. The molecule has 0 radical (unpaired) electrons. The Hall–Kier alpha value is -0.120. The first-order valence-corrected chi connectivity index (χ1v) is 3.24. The Morgan fingerprint density at radius 3 is 2.44 bits per heavy atom. The third-order valence-electron chi connectivity index (χ3n) is 1.28. The van der Waals surface area contributed by atoms with Crippen LogP contribution in [0.25, 0.3) is 0 Å². The summed E-state index contributed by atoms with van der Waals surface area (Å²) in [5.74, 6) is 0. The molecule has 54 valence electrons. The number of hydrogen-bond acceptors (Lipinski definition) is 3. The van der Waals surface area contributed by atoms with Gasteiger partial charge in [0, 0.05) is 0 Å². The first kappa shape index (κ1) is 6.99. The molecule has 1 rings (SSSR count). The average molecular weight is 132 g/mol. The topological polar surface area (TPSA) is 38.7 Å². The zero-order valence-corrected chi connectivity index (χ0v) is 5.54. The molecule has 1 saturated heterocycles. The van der Waals surface area contributed by atoms with Crippen LogP contribution in [0.1, 0.15) is 13.3 Å². The van der Waals surface area contributed by atoms with Crippen molar-refractivity contribution >= 4 is 0 Å². The largest absolute Gasteiger partial charge is 0.388 e. The van der Waals surface area contributed by atoms with E-state index in [0.717, 1.165) is 6.42 Å². The second-order valence-electron chi connectivity index (χ2n) is 2.16. The summed E-state index contributed by atoms with van der Waals surface area (Å²) < 4.78 is 10.1. The molecule has 0 unspecified atom stereocenters. The van der Waals surface area contributed by atoms with Crippen molar-refractivity contribution in [2.75, 3.05) is 13.2 Å². The fourth-order valence-corrected chi connectivity index (χ4v) is 0.769. The van der Waals surface area contributed by atoms with E-state index in [1.54, 1.807) is 0 Å². The number of hydrogen-bond donors (Lipinski definition) is 1. The molecule has 1 fully saturated rings. The van der Waals surface area contributed by atoms with Gasteiger partial charge < -0.3 is 14.6 Å². The van der Waals surface area contributed by atoms with Crippen molar-refractivity contribution in [2.24, 2.45) is 0 Å². The number of ether oxygens (including phenoxy) is 2. The fraction of sp³-hybridized carbons (Fsp3) is 1.00. The second-order valence-corrected chi connectivity index (χ2v) is 2.16. The molecule has 0 aliphatic carbocycles. The van der Waals surface area contributed by atoms with E-state index >= 15 is 0 Å². The molecule has 1 aliphatic heterocycles. The van der Waals surface area contributed by atoms with Crippen LogP contribution in [0, 0.1) is 0 Å². The maximum atomic E-state index is 8.87. The van der Waals surface area contributed by atoms with Crippen molar-refractivity contribution in [3.8, 4) is 0 Å². The molecule has 3 nitrogen and oxygen atoms in total. The Bertz CT molecular complexity index is 76.4. The Labute approximate surface area is 54.6 Å². The third kappa shape index (κ3) is 1.93. The van der Waals surface area contributed by atoms with Crippen molar-refractivity contribution < 1.29 is 14.6 Å². The van der Waals surface area contributed by atoms with Crippen LogP contribution >= 0.6 is 0 Å². The van der Waals surface area contributed by atoms with Gasteiger partial charge in [-0.2, -0.15) is 0 Å². The maximum Gasteiger partial charge on any atom is 0.157 e. The summed E-state index contributed by atoms with van der Waals surface area (Å²) in [7, 11) is 0. The Balaban J connectivity index is 2.18. The predicted octanol–water partition coefficient (Wildman–Crippen LogP) is 0.130. The van der Waals surface area contributed by atoms with Crippen LogP contribution in [0.2, 0.25) is 0 Å². The van der Waals surface area contributed by atoms with E-state index < -0.39 is 6.10 Å². The highest BCUT2D eigenvalue weighted by molar-refractivity contribution is 4.58. The van der Waals surface area contributed by atoms with Gasteiger partial charge in [-0.3, -0.25) is 0 Å². The summed E-state index contributed by atoms with van der Waals surface area (Å²) in [5.41, 5.74) is 0. The monoisotopic (exact) mass is 132 g/mol. The van der Waals surface area contributed by atoms with Gasteiger partial charge in [-0.25, -0.2) is 0 Å². The zero-order chi connectivity index (χ0) is 6.69. The van der Waals surface area contributed by atoms with Gasteiger partial charge in [0.1, 0.15) is 6.10 Å². The van der Waals surface area contributed by atoms with Crippen molar-refractivity contribution in [2.45, 2.75) is 25.7 Å². The van der Waals surface area contributed by atoms with Crippen LogP contribution in [0.15, 0.2) is 0 Å². The predicted molar refractivity (Wildman–Crippen MR) is 32.0 cm³/mol. The van der Waals surface area contributed by atoms with E-state index in [0.29, 0.717) is 13.2 Å². The van der Waals surface area contributed by atoms with E-state index in [4.69, 9.17) is 14.6 Å². The SMILES string of the molecule is CCC1OCC(O)CO1. The normalized spacial score (nSPS) is 36.7. The number of aliphatic hydroxyl groups excluding tert-OH is 1. The smallest absolute Gasteiger partial charge is 0.157 e. The molecule has 0 amide bonds. The number of rotatable bonds is 1. The molecule has 9 heavy (non-hydrogen) atoms. The van der Waals surface area contributed by atoms with Crippen LogP contribution in [0.3, 0.4) is 0 Å². The van der Waals surface area contributed by atoms with Crippen molar-refractivity contribution in [1.29, 1.82) is 0 Å². The molecule has 0 atom stereocenters. The molecule has 3 heteroatoms. The Morgan fingerprint density at radius 2 is 2.00 bits per heavy atom. The first-order valence-electron chi connectivity index (χ1n) is 3.24. The molecule has 1 N–H and O–H groups in total. The van der Waals surface area contributed by atoms with Gasteiger partial charge in [0.2, 0.25) is 0 Å². The molecule has 0 aromatic rings. The highest BCUT2D eigenvalue weighted by atomic mass is 16.7. The minimum absolute atomic E-state index is 0.0894. The summed E-state index contributed by atoms with van der Waals surface area (Å²) in [5, 5.41) is 8.87. The van der Waals surface area contributed by atoms with Gasteiger partial charge >= 0.3 is 0 Å². The molecule has 1 aliphatic rings. The summed E-state index contributed by atoms with van der Waals surface area (Å²) in [6.07, 6.45) is 0.341. The first-order chi connectivity index (χ1) is 4.33. The fourth-order valence-electron chi connectivity index (χ4n) is 0.769. The molecular weight excluding hydrogens is 120 g/mol. The van der Waals surface area contributed by atoms with E-state index in [-0.39, 0.29) is 6.29 Å². The summed E-state index contributed by atoms with van der Waals surface area (Å²) >= 11 is 0. The third-order valence-corrected chi connectivity index (χ3v) is 1.28. The number of aliphatic hydroxyl groups is 1. The maximum absolute atomic E-state index is 8.87. The summed E-state index contributed by atoms with van der Waals surface area (Å²) in [4.78, 5) is 0. The van der Waals surface area contributed by atoms with Gasteiger partial charge in [-0.05, 0) is 6.42 Å². The standard InChI is InChI=1S/C6H12O3/c1-2-6-8-3-5(7)4-9-6/h5-7H,2-4H2,1H3. The molecule has 0 saturated carbocycles. The Kier molecular flexibility index (Phi) is 2.45. The molecule has 1 heterocycles. The van der Waals surface area contributed by atoms with Gasteiger partial charge in [0.15, 0.2) is 6.29 Å². The summed E-state index contributed by atoms with van der Waals surface area (Å²) in [6.45, 7) is 2.82. The lowest BCUT2D eigenvalue weighted by Gasteiger charge is -2.25. The van der Waals surface area contributed by atoms with Crippen molar-refractivity contribution in [1.82, 2.24) is 0 Å². The highest BCUT2D eigenvalue weighted by Crippen LogP contribution is 2.07. The van der Waals surface area contributed by atoms with E-state index in [9.17, 15) is 0 Å². The lowest BCUT2D eigenvalue weighted by molar-refractivity contribution is -0.216. The zero-order valence-electron chi connectivity index (χ0n) is 5.54. The van der Waals surface area contributed by atoms with E-state index in [1.807, 2.05) is 6.92 Å².